The summed E-state index contributed by atoms with van der Waals surface area (Å²) in [5, 5.41) is 6.47. The van der Waals surface area contributed by atoms with Gasteiger partial charge in [-0.25, -0.2) is 4.79 Å². The molecule has 0 bridgehead atoms. The molecule has 2 amide bonds. The molecule has 3 N–H and O–H groups in total. The van der Waals surface area contributed by atoms with Gasteiger partial charge in [0, 0.05) is 0 Å². The molecule has 0 saturated heterocycles. The van der Waals surface area contributed by atoms with Gasteiger partial charge in [-0.3, -0.25) is 9.59 Å². The average Bonchev–Trinajstić information content (AvgIpc) is 3.13. The molecule has 27 heavy (non-hydrogen) atoms. The molecule has 1 aromatic heterocycles. The SMILES string of the molecule is NC(=O)c1ccsc1NC(=O)COC(=O)COc1ccc2ccccc2c1. The Kier molecular flexibility index (Phi) is 5.68. The van der Waals surface area contributed by atoms with E-state index in [-0.39, 0.29) is 12.2 Å². The zero-order valence-corrected chi connectivity index (χ0v) is 15.0. The number of carbonyl (C=O) groups excluding carboxylic acids is 3. The summed E-state index contributed by atoms with van der Waals surface area (Å²) in [5.74, 6) is -1.37. The van der Waals surface area contributed by atoms with E-state index in [2.05, 4.69) is 5.32 Å². The Bertz CT molecular complexity index is 998. The van der Waals surface area contributed by atoms with E-state index in [1.54, 1.807) is 11.4 Å². The lowest BCUT2D eigenvalue weighted by Gasteiger charge is -2.08. The van der Waals surface area contributed by atoms with Crippen LogP contribution in [0.4, 0.5) is 5.00 Å². The molecule has 0 spiro atoms. The summed E-state index contributed by atoms with van der Waals surface area (Å²) in [6.07, 6.45) is 0. The first kappa shape index (κ1) is 18.4. The van der Waals surface area contributed by atoms with Gasteiger partial charge in [-0.15, -0.1) is 11.3 Å². The number of amides is 2. The number of nitrogens with two attached hydrogens (primary N) is 1. The predicted molar refractivity (Wildman–Crippen MR) is 102 cm³/mol. The molecule has 2 aromatic carbocycles. The molecule has 3 aromatic rings. The predicted octanol–water partition coefficient (Wildman–Crippen LogP) is 2.56. The number of fused-ring (bicyclic) bond motifs is 1. The van der Waals surface area contributed by atoms with Crippen molar-refractivity contribution in [2.45, 2.75) is 0 Å². The van der Waals surface area contributed by atoms with Crippen LogP contribution in [0.1, 0.15) is 10.4 Å². The van der Waals surface area contributed by atoms with Crippen molar-refractivity contribution >= 4 is 44.9 Å². The smallest absolute Gasteiger partial charge is 0.344 e. The number of hydrogen-bond donors (Lipinski definition) is 2. The van der Waals surface area contributed by atoms with Crippen LogP contribution in [0.2, 0.25) is 0 Å². The van der Waals surface area contributed by atoms with E-state index in [9.17, 15) is 14.4 Å². The number of rotatable bonds is 7. The second-order valence-corrected chi connectivity index (χ2v) is 6.45. The van der Waals surface area contributed by atoms with Crippen LogP contribution in [0.15, 0.2) is 53.9 Å². The molecule has 0 atom stereocenters. The van der Waals surface area contributed by atoms with E-state index in [1.165, 1.54) is 6.07 Å². The molecule has 7 nitrogen and oxygen atoms in total. The van der Waals surface area contributed by atoms with E-state index in [0.29, 0.717) is 10.8 Å². The zero-order chi connectivity index (χ0) is 19.2. The fourth-order valence-electron chi connectivity index (χ4n) is 2.35. The molecule has 0 fully saturated rings. The van der Waals surface area contributed by atoms with Gasteiger partial charge in [0.15, 0.2) is 13.2 Å². The summed E-state index contributed by atoms with van der Waals surface area (Å²) >= 11 is 1.15. The van der Waals surface area contributed by atoms with Gasteiger partial charge in [-0.2, -0.15) is 0 Å². The number of nitrogens with one attached hydrogen (secondary N) is 1. The van der Waals surface area contributed by atoms with Crippen LogP contribution >= 0.6 is 11.3 Å². The van der Waals surface area contributed by atoms with Gasteiger partial charge in [0.2, 0.25) is 0 Å². The van der Waals surface area contributed by atoms with Crippen molar-refractivity contribution < 1.29 is 23.9 Å². The molecule has 0 aliphatic rings. The van der Waals surface area contributed by atoms with Crippen LogP contribution in [0.25, 0.3) is 10.8 Å². The molecular weight excluding hydrogens is 368 g/mol. The Morgan fingerprint density at radius 1 is 1.00 bits per heavy atom. The highest BCUT2D eigenvalue weighted by atomic mass is 32.1. The van der Waals surface area contributed by atoms with Crippen LogP contribution in [0, 0.1) is 0 Å². The van der Waals surface area contributed by atoms with Crippen molar-refractivity contribution in [3.05, 3.63) is 59.5 Å². The van der Waals surface area contributed by atoms with Crippen LogP contribution < -0.4 is 15.8 Å². The Hall–Kier alpha value is -3.39. The summed E-state index contributed by atoms with van der Waals surface area (Å²) in [5.41, 5.74) is 5.41. The maximum absolute atomic E-state index is 11.8. The monoisotopic (exact) mass is 384 g/mol. The topological polar surface area (TPSA) is 108 Å². The lowest BCUT2D eigenvalue weighted by molar-refractivity contribution is -0.149. The highest BCUT2D eigenvalue weighted by Gasteiger charge is 2.14. The van der Waals surface area contributed by atoms with Gasteiger partial charge in [0.05, 0.1) is 5.56 Å². The van der Waals surface area contributed by atoms with Crippen LogP contribution in [0.5, 0.6) is 5.75 Å². The van der Waals surface area contributed by atoms with Crippen molar-refractivity contribution in [1.29, 1.82) is 0 Å². The molecular formula is C19H16N2O5S. The molecule has 0 saturated carbocycles. The van der Waals surface area contributed by atoms with Crippen molar-refractivity contribution in [3.63, 3.8) is 0 Å². The van der Waals surface area contributed by atoms with E-state index in [4.69, 9.17) is 15.2 Å². The maximum atomic E-state index is 11.8. The molecule has 0 unspecified atom stereocenters. The van der Waals surface area contributed by atoms with Gasteiger partial charge >= 0.3 is 5.97 Å². The number of hydrogen-bond acceptors (Lipinski definition) is 6. The van der Waals surface area contributed by atoms with E-state index in [0.717, 1.165) is 22.1 Å². The molecule has 0 aliphatic carbocycles. The zero-order valence-electron chi connectivity index (χ0n) is 14.1. The average molecular weight is 384 g/mol. The van der Waals surface area contributed by atoms with Crippen molar-refractivity contribution in [2.75, 3.05) is 18.5 Å². The van der Waals surface area contributed by atoms with Crippen LogP contribution in [0.3, 0.4) is 0 Å². The number of thiophene rings is 1. The van der Waals surface area contributed by atoms with E-state index >= 15 is 0 Å². The van der Waals surface area contributed by atoms with Gasteiger partial charge in [0.25, 0.3) is 11.8 Å². The molecule has 8 heteroatoms. The summed E-state index contributed by atoms with van der Waals surface area (Å²) in [6.45, 7) is -0.812. The number of esters is 1. The first-order valence-corrected chi connectivity index (χ1v) is 8.85. The Morgan fingerprint density at radius 3 is 2.56 bits per heavy atom. The molecule has 0 radical (unpaired) electrons. The largest absolute Gasteiger partial charge is 0.482 e. The number of anilines is 1. The third-order valence-corrected chi connectivity index (χ3v) is 4.46. The normalized spacial score (nSPS) is 10.4. The first-order chi connectivity index (χ1) is 13.0. The Balaban J connectivity index is 1.46. The van der Waals surface area contributed by atoms with Crippen LogP contribution in [-0.4, -0.2) is 31.0 Å². The van der Waals surface area contributed by atoms with Crippen molar-refractivity contribution in [2.24, 2.45) is 5.73 Å². The lowest BCUT2D eigenvalue weighted by Crippen LogP contribution is -2.24. The van der Waals surface area contributed by atoms with Crippen LogP contribution in [-0.2, 0) is 14.3 Å². The summed E-state index contributed by atoms with van der Waals surface area (Å²) in [6, 6.07) is 14.7. The van der Waals surface area contributed by atoms with E-state index in [1.807, 2.05) is 36.4 Å². The maximum Gasteiger partial charge on any atom is 0.344 e. The minimum absolute atomic E-state index is 0.208. The molecule has 3 rings (SSSR count). The molecule has 1 heterocycles. The third kappa shape index (κ3) is 4.83. The van der Waals surface area contributed by atoms with Crippen molar-refractivity contribution in [1.82, 2.24) is 0 Å². The Labute approximate surface area is 158 Å². The number of benzene rings is 2. The number of carbonyl (C=O) groups is 3. The summed E-state index contributed by atoms with van der Waals surface area (Å²) < 4.78 is 10.3. The van der Waals surface area contributed by atoms with Crippen molar-refractivity contribution in [3.8, 4) is 5.75 Å². The number of ether oxygens (including phenoxy) is 2. The fourth-order valence-corrected chi connectivity index (χ4v) is 3.16. The quantitative estimate of drug-likeness (QED) is 0.609. The second-order valence-electron chi connectivity index (χ2n) is 5.53. The lowest BCUT2D eigenvalue weighted by atomic mass is 10.1. The first-order valence-electron chi connectivity index (χ1n) is 7.97. The highest BCUT2D eigenvalue weighted by molar-refractivity contribution is 7.14. The third-order valence-electron chi connectivity index (χ3n) is 3.63. The van der Waals surface area contributed by atoms with Gasteiger partial charge in [-0.1, -0.05) is 30.3 Å². The molecule has 138 valence electrons. The fraction of sp³-hybridized carbons (Fsp3) is 0.105. The minimum atomic E-state index is -0.681. The summed E-state index contributed by atoms with van der Waals surface area (Å²) in [4.78, 5) is 34.8. The van der Waals surface area contributed by atoms with Gasteiger partial charge < -0.3 is 20.5 Å². The minimum Gasteiger partial charge on any atom is -0.482 e. The second kappa shape index (κ2) is 8.33. The van der Waals surface area contributed by atoms with E-state index < -0.39 is 24.4 Å². The number of primary amides is 1. The summed E-state index contributed by atoms with van der Waals surface area (Å²) in [7, 11) is 0. The van der Waals surface area contributed by atoms with Gasteiger partial charge in [-0.05, 0) is 34.4 Å². The van der Waals surface area contributed by atoms with Gasteiger partial charge in [0.1, 0.15) is 10.8 Å². The highest BCUT2D eigenvalue weighted by Crippen LogP contribution is 2.22. The molecule has 0 aliphatic heterocycles. The Morgan fingerprint density at radius 2 is 1.78 bits per heavy atom. The standard InChI is InChI=1S/C19H16N2O5S/c20-18(24)15-7-8-27-19(15)21-16(22)10-26-17(23)11-25-14-6-5-12-3-1-2-4-13(12)9-14/h1-9H,10-11H2,(H2,20,24)(H,21,22).